The van der Waals surface area contributed by atoms with Gasteiger partial charge in [0.15, 0.2) is 0 Å². The summed E-state index contributed by atoms with van der Waals surface area (Å²) in [5.41, 5.74) is 6.03. The summed E-state index contributed by atoms with van der Waals surface area (Å²) in [5, 5.41) is 12.5. The van der Waals surface area contributed by atoms with Crippen molar-refractivity contribution in [2.75, 3.05) is 6.54 Å². The van der Waals surface area contributed by atoms with Crippen LogP contribution in [-0.4, -0.2) is 33.4 Å². The maximum absolute atomic E-state index is 11.9. The van der Waals surface area contributed by atoms with Crippen LogP contribution in [0.5, 0.6) is 0 Å². The molecule has 0 aliphatic carbocycles. The number of nitrogens with one attached hydrogen (secondary N) is 2. The summed E-state index contributed by atoms with van der Waals surface area (Å²) in [5.74, 6) is -1.09. The Labute approximate surface area is 125 Å². The first-order valence-electron chi connectivity index (χ1n) is 6.03. The van der Waals surface area contributed by atoms with Crippen molar-refractivity contribution in [3.05, 3.63) is 52.6 Å². The molecule has 2 rings (SSSR count). The Morgan fingerprint density at radius 3 is 2.81 bits per heavy atom. The molecule has 110 valence electrons. The number of H-pyrrole nitrogens is 1. The number of nitrogens with two attached hydrogens (primary N) is 1. The van der Waals surface area contributed by atoms with Gasteiger partial charge in [0.25, 0.3) is 5.91 Å². The first-order chi connectivity index (χ1) is 9.99. The van der Waals surface area contributed by atoms with Crippen molar-refractivity contribution in [1.29, 1.82) is 0 Å². The van der Waals surface area contributed by atoms with E-state index in [-0.39, 0.29) is 22.7 Å². The number of halogens is 1. The van der Waals surface area contributed by atoms with E-state index >= 15 is 0 Å². The molecule has 1 aromatic heterocycles. The van der Waals surface area contributed by atoms with Crippen LogP contribution in [0.4, 0.5) is 0 Å². The number of nitrogens with zero attached hydrogens (tertiary/aromatic N) is 1. The number of aliphatic hydroxyl groups is 1. The Hall–Kier alpha value is -2.38. The molecule has 1 unspecified atom stereocenters. The lowest BCUT2D eigenvalue weighted by Gasteiger charge is -2.10. The summed E-state index contributed by atoms with van der Waals surface area (Å²) in [7, 11) is 0. The highest BCUT2D eigenvalue weighted by Gasteiger charge is 2.14. The van der Waals surface area contributed by atoms with Crippen molar-refractivity contribution < 1.29 is 14.7 Å². The lowest BCUT2D eigenvalue weighted by Crippen LogP contribution is -2.28. The van der Waals surface area contributed by atoms with Crippen LogP contribution in [0, 0.1) is 0 Å². The first-order valence-corrected chi connectivity index (χ1v) is 6.40. The summed E-state index contributed by atoms with van der Waals surface area (Å²) in [6, 6.07) is 4.16. The maximum Gasteiger partial charge on any atom is 0.251 e. The molecule has 5 N–H and O–H groups in total. The summed E-state index contributed by atoms with van der Waals surface area (Å²) in [4.78, 5) is 29.5. The van der Waals surface area contributed by atoms with Gasteiger partial charge < -0.3 is 21.1 Å². The van der Waals surface area contributed by atoms with Crippen molar-refractivity contribution in [3.8, 4) is 0 Å². The third kappa shape index (κ3) is 3.59. The van der Waals surface area contributed by atoms with E-state index in [9.17, 15) is 14.7 Å². The molecule has 0 saturated heterocycles. The normalized spacial score (nSPS) is 11.9. The van der Waals surface area contributed by atoms with E-state index in [1.54, 1.807) is 0 Å². The van der Waals surface area contributed by atoms with Crippen LogP contribution in [0.2, 0.25) is 5.02 Å². The van der Waals surface area contributed by atoms with Crippen LogP contribution in [0.15, 0.2) is 30.7 Å². The molecule has 1 heterocycles. The fourth-order valence-electron chi connectivity index (χ4n) is 1.71. The number of carbonyl (C=O) groups excluding carboxylic acids is 2. The summed E-state index contributed by atoms with van der Waals surface area (Å²) in [6.07, 6.45) is 2.01. The second kappa shape index (κ2) is 6.38. The molecule has 0 saturated carbocycles. The zero-order chi connectivity index (χ0) is 15.4. The van der Waals surface area contributed by atoms with Crippen LogP contribution in [0.1, 0.15) is 32.5 Å². The minimum atomic E-state index is -0.892. The molecule has 0 spiro atoms. The molecule has 21 heavy (non-hydrogen) atoms. The molecule has 1 aromatic carbocycles. The van der Waals surface area contributed by atoms with E-state index in [0.717, 1.165) is 0 Å². The van der Waals surface area contributed by atoms with Crippen LogP contribution < -0.4 is 11.1 Å². The number of hydrogen-bond acceptors (Lipinski definition) is 4. The van der Waals surface area contributed by atoms with Gasteiger partial charge in [-0.05, 0) is 18.2 Å². The summed E-state index contributed by atoms with van der Waals surface area (Å²) >= 11 is 5.87. The Kier molecular flexibility index (Phi) is 4.56. The molecular weight excluding hydrogens is 296 g/mol. The third-order valence-corrected chi connectivity index (χ3v) is 3.14. The average Bonchev–Trinajstić information content (AvgIpc) is 2.98. The second-order valence-corrected chi connectivity index (χ2v) is 4.70. The standard InChI is InChI=1S/C13H13ClN4O3/c14-9-3-7(1-2-8(9)12(15)20)13(21)17-5-11(19)10-4-16-6-18-10/h1-4,6,11,19H,5H2,(H2,15,20)(H,16,18)(H,17,21). The maximum atomic E-state index is 11.9. The molecule has 2 aromatic rings. The quantitative estimate of drug-likeness (QED) is 0.647. The van der Waals surface area contributed by atoms with Gasteiger partial charge in [0.05, 0.1) is 28.8 Å². The highest BCUT2D eigenvalue weighted by Crippen LogP contribution is 2.17. The zero-order valence-electron chi connectivity index (χ0n) is 10.8. The predicted octanol–water partition coefficient (Wildman–Crippen LogP) is 0.625. The number of aromatic nitrogens is 2. The minimum absolute atomic E-state index is 0.0101. The van der Waals surface area contributed by atoms with Crippen molar-refractivity contribution in [2.24, 2.45) is 5.73 Å². The van der Waals surface area contributed by atoms with E-state index in [1.165, 1.54) is 30.7 Å². The monoisotopic (exact) mass is 308 g/mol. The van der Waals surface area contributed by atoms with Gasteiger partial charge in [0.1, 0.15) is 6.10 Å². The van der Waals surface area contributed by atoms with Crippen LogP contribution >= 0.6 is 11.6 Å². The van der Waals surface area contributed by atoms with Crippen molar-refractivity contribution in [3.63, 3.8) is 0 Å². The van der Waals surface area contributed by atoms with Gasteiger partial charge in [-0.15, -0.1) is 0 Å². The van der Waals surface area contributed by atoms with Gasteiger partial charge >= 0.3 is 0 Å². The molecule has 0 bridgehead atoms. The lowest BCUT2D eigenvalue weighted by atomic mass is 10.1. The number of amides is 2. The number of carbonyl (C=O) groups is 2. The van der Waals surface area contributed by atoms with Gasteiger partial charge in [-0.25, -0.2) is 4.98 Å². The van der Waals surface area contributed by atoms with Crippen LogP contribution in [0.3, 0.4) is 0 Å². The van der Waals surface area contributed by atoms with E-state index in [2.05, 4.69) is 15.3 Å². The SMILES string of the molecule is NC(=O)c1ccc(C(=O)NCC(O)c2cnc[nH]2)cc1Cl. The number of benzene rings is 1. The number of hydrogen-bond donors (Lipinski definition) is 4. The third-order valence-electron chi connectivity index (χ3n) is 2.83. The Balaban J connectivity index is 2.00. The van der Waals surface area contributed by atoms with Crippen molar-refractivity contribution >= 4 is 23.4 Å². The average molecular weight is 309 g/mol. The minimum Gasteiger partial charge on any atom is -0.385 e. The highest BCUT2D eigenvalue weighted by molar-refractivity contribution is 6.34. The molecule has 0 radical (unpaired) electrons. The van der Waals surface area contributed by atoms with Crippen LogP contribution in [0.25, 0.3) is 0 Å². The molecule has 2 amide bonds. The first kappa shape index (κ1) is 15.0. The Morgan fingerprint density at radius 1 is 1.48 bits per heavy atom. The van der Waals surface area contributed by atoms with Crippen LogP contribution in [-0.2, 0) is 0 Å². The molecule has 0 aliphatic rings. The van der Waals surface area contributed by atoms with E-state index in [4.69, 9.17) is 17.3 Å². The fourth-order valence-corrected chi connectivity index (χ4v) is 1.98. The number of imidazole rings is 1. The zero-order valence-corrected chi connectivity index (χ0v) is 11.6. The number of aliphatic hydroxyl groups excluding tert-OH is 1. The molecular formula is C13H13ClN4O3. The van der Waals surface area contributed by atoms with E-state index in [0.29, 0.717) is 5.69 Å². The van der Waals surface area contributed by atoms with Gasteiger partial charge in [0.2, 0.25) is 5.91 Å². The smallest absolute Gasteiger partial charge is 0.251 e. The topological polar surface area (TPSA) is 121 Å². The van der Waals surface area contributed by atoms with Gasteiger partial charge in [0, 0.05) is 12.1 Å². The molecule has 1 atom stereocenters. The predicted molar refractivity (Wildman–Crippen MR) is 75.9 cm³/mol. The fraction of sp³-hybridized carbons (Fsp3) is 0.154. The number of rotatable bonds is 5. The highest BCUT2D eigenvalue weighted by atomic mass is 35.5. The van der Waals surface area contributed by atoms with Gasteiger partial charge in [-0.3, -0.25) is 9.59 Å². The second-order valence-electron chi connectivity index (χ2n) is 4.29. The molecule has 7 nitrogen and oxygen atoms in total. The summed E-state index contributed by atoms with van der Waals surface area (Å²) in [6.45, 7) is 0.0101. The summed E-state index contributed by atoms with van der Waals surface area (Å²) < 4.78 is 0. The van der Waals surface area contributed by atoms with E-state index < -0.39 is 17.9 Å². The lowest BCUT2D eigenvalue weighted by molar-refractivity contribution is 0.0913. The number of primary amides is 1. The van der Waals surface area contributed by atoms with E-state index in [1.807, 2.05) is 0 Å². The largest absolute Gasteiger partial charge is 0.385 e. The molecule has 8 heteroatoms. The van der Waals surface area contributed by atoms with Gasteiger partial charge in [-0.1, -0.05) is 11.6 Å². The number of aromatic amines is 1. The Bertz CT molecular complexity index is 657. The van der Waals surface area contributed by atoms with Gasteiger partial charge in [-0.2, -0.15) is 0 Å². The molecule has 0 fully saturated rings. The molecule has 0 aliphatic heterocycles. The Morgan fingerprint density at radius 2 is 2.24 bits per heavy atom. The van der Waals surface area contributed by atoms with Crippen molar-refractivity contribution in [2.45, 2.75) is 6.10 Å². The van der Waals surface area contributed by atoms with Crippen molar-refractivity contribution in [1.82, 2.24) is 15.3 Å².